The third-order valence-electron chi connectivity index (χ3n) is 3.01. The number of nitrogens with one attached hydrogen (secondary N) is 2. The van der Waals surface area contributed by atoms with Gasteiger partial charge in [-0.2, -0.15) is 0 Å². The zero-order valence-electron chi connectivity index (χ0n) is 12.1. The summed E-state index contributed by atoms with van der Waals surface area (Å²) in [6.45, 7) is 5.91. The van der Waals surface area contributed by atoms with Crippen molar-refractivity contribution in [2.24, 2.45) is 5.92 Å². The summed E-state index contributed by atoms with van der Waals surface area (Å²) in [4.78, 5) is 0.150. The number of nitrogen functional groups attached to an aromatic ring is 1. The van der Waals surface area contributed by atoms with Crippen LogP contribution in [-0.4, -0.2) is 32.7 Å². The lowest BCUT2D eigenvalue weighted by Crippen LogP contribution is -2.30. The van der Waals surface area contributed by atoms with Crippen LogP contribution in [0.4, 0.5) is 11.4 Å². The van der Waals surface area contributed by atoms with Crippen molar-refractivity contribution in [3.05, 3.63) is 18.2 Å². The molecule has 1 aromatic carbocycles. The Morgan fingerprint density at radius 3 is 2.50 bits per heavy atom. The van der Waals surface area contributed by atoms with Gasteiger partial charge in [-0.3, -0.25) is 0 Å². The van der Waals surface area contributed by atoms with E-state index in [9.17, 15) is 13.5 Å². The number of sulfonamides is 1. The van der Waals surface area contributed by atoms with Gasteiger partial charge in [0.05, 0.1) is 28.9 Å². The second-order valence-corrected chi connectivity index (χ2v) is 6.69. The van der Waals surface area contributed by atoms with E-state index in [-0.39, 0.29) is 23.5 Å². The molecule has 1 aromatic rings. The van der Waals surface area contributed by atoms with Gasteiger partial charge in [0.25, 0.3) is 0 Å². The average molecular weight is 301 g/mol. The molecule has 1 rings (SSSR count). The molecule has 0 unspecified atom stereocenters. The number of rotatable bonds is 7. The van der Waals surface area contributed by atoms with Gasteiger partial charge >= 0.3 is 0 Å². The summed E-state index contributed by atoms with van der Waals surface area (Å²) in [6, 6.07) is 4.30. The first kappa shape index (κ1) is 16.7. The molecule has 0 aliphatic heterocycles. The second kappa shape index (κ2) is 6.92. The van der Waals surface area contributed by atoms with Crippen LogP contribution in [0.1, 0.15) is 20.8 Å². The Hall–Kier alpha value is -1.31. The number of hydrogen-bond donors (Lipinski definition) is 4. The Morgan fingerprint density at radius 1 is 1.35 bits per heavy atom. The highest BCUT2D eigenvalue weighted by atomic mass is 32.2. The summed E-state index contributed by atoms with van der Waals surface area (Å²) in [6.07, 6.45) is 0. The van der Waals surface area contributed by atoms with Crippen molar-refractivity contribution in [3.63, 3.8) is 0 Å². The minimum Gasteiger partial charge on any atom is -0.397 e. The first-order chi connectivity index (χ1) is 9.31. The van der Waals surface area contributed by atoms with Gasteiger partial charge in [0.1, 0.15) is 0 Å². The predicted octanol–water partition coefficient (Wildman–Crippen LogP) is 0.996. The van der Waals surface area contributed by atoms with Crippen LogP contribution < -0.4 is 15.8 Å². The standard InChI is InChI=1S/C13H23N3O3S/c1-4-15-20(18,19)10-5-6-11(14)12(7-10)16-13(8-17)9(2)3/h5-7,9,13,15-17H,4,8,14H2,1-3H3/t13-/m1/s1. The fourth-order valence-corrected chi connectivity index (χ4v) is 2.79. The smallest absolute Gasteiger partial charge is 0.240 e. The Bertz CT molecular complexity index is 544. The molecule has 0 radical (unpaired) electrons. The second-order valence-electron chi connectivity index (χ2n) is 4.93. The molecule has 0 aromatic heterocycles. The van der Waals surface area contributed by atoms with E-state index >= 15 is 0 Å². The molecule has 7 heteroatoms. The van der Waals surface area contributed by atoms with E-state index in [0.29, 0.717) is 17.9 Å². The summed E-state index contributed by atoms with van der Waals surface area (Å²) < 4.78 is 26.3. The lowest BCUT2D eigenvalue weighted by molar-refractivity contribution is 0.249. The molecule has 0 amide bonds. The van der Waals surface area contributed by atoms with E-state index in [1.165, 1.54) is 12.1 Å². The summed E-state index contributed by atoms with van der Waals surface area (Å²) in [7, 11) is -3.52. The van der Waals surface area contributed by atoms with E-state index in [4.69, 9.17) is 5.73 Å². The van der Waals surface area contributed by atoms with Crippen molar-refractivity contribution < 1.29 is 13.5 Å². The summed E-state index contributed by atoms with van der Waals surface area (Å²) in [5.74, 6) is 0.188. The van der Waals surface area contributed by atoms with E-state index in [0.717, 1.165) is 0 Å². The molecule has 1 atom stereocenters. The Labute approximate surface area is 120 Å². The van der Waals surface area contributed by atoms with Crippen molar-refractivity contribution in [1.82, 2.24) is 4.72 Å². The van der Waals surface area contributed by atoms with Crippen LogP contribution in [0.15, 0.2) is 23.1 Å². The topological polar surface area (TPSA) is 104 Å². The molecule has 6 nitrogen and oxygen atoms in total. The van der Waals surface area contributed by atoms with E-state index in [1.807, 2.05) is 13.8 Å². The average Bonchev–Trinajstić information content (AvgIpc) is 2.37. The predicted molar refractivity (Wildman–Crippen MR) is 81.1 cm³/mol. The van der Waals surface area contributed by atoms with Crippen molar-refractivity contribution in [3.8, 4) is 0 Å². The highest BCUT2D eigenvalue weighted by Crippen LogP contribution is 2.24. The first-order valence-electron chi connectivity index (χ1n) is 6.58. The van der Waals surface area contributed by atoms with Crippen LogP contribution in [0.3, 0.4) is 0 Å². The molecule has 0 aliphatic rings. The number of benzene rings is 1. The maximum atomic E-state index is 12.0. The number of anilines is 2. The summed E-state index contributed by atoms with van der Waals surface area (Å²) in [5, 5.41) is 12.4. The molecule has 0 saturated heterocycles. The Balaban J connectivity index is 3.09. The zero-order chi connectivity index (χ0) is 15.3. The number of hydrogen-bond acceptors (Lipinski definition) is 5. The van der Waals surface area contributed by atoms with Crippen LogP contribution >= 0.6 is 0 Å². The van der Waals surface area contributed by atoms with Gasteiger partial charge in [-0.15, -0.1) is 0 Å². The fourth-order valence-electron chi connectivity index (χ4n) is 1.72. The number of nitrogens with two attached hydrogens (primary N) is 1. The van der Waals surface area contributed by atoms with E-state index < -0.39 is 10.0 Å². The van der Waals surface area contributed by atoms with Crippen molar-refractivity contribution >= 4 is 21.4 Å². The van der Waals surface area contributed by atoms with Crippen molar-refractivity contribution in [2.75, 3.05) is 24.2 Å². The van der Waals surface area contributed by atoms with Gasteiger partial charge in [0, 0.05) is 6.54 Å². The third kappa shape index (κ3) is 4.09. The normalized spacial score (nSPS) is 13.4. The Morgan fingerprint density at radius 2 is 2.00 bits per heavy atom. The minimum absolute atomic E-state index is 0.0543. The molecule has 114 valence electrons. The van der Waals surface area contributed by atoms with Crippen LogP contribution in [0, 0.1) is 5.92 Å². The monoisotopic (exact) mass is 301 g/mol. The molecule has 0 fully saturated rings. The fraction of sp³-hybridized carbons (Fsp3) is 0.538. The first-order valence-corrected chi connectivity index (χ1v) is 8.06. The van der Waals surface area contributed by atoms with Crippen molar-refractivity contribution in [2.45, 2.75) is 31.7 Å². The maximum absolute atomic E-state index is 12.0. The van der Waals surface area contributed by atoms with Crippen LogP contribution in [0.2, 0.25) is 0 Å². The van der Waals surface area contributed by atoms with Gasteiger partial charge < -0.3 is 16.2 Å². The molecular formula is C13H23N3O3S. The molecule has 5 N–H and O–H groups in total. The molecule has 0 spiro atoms. The molecule has 0 saturated carbocycles. The van der Waals surface area contributed by atoms with Crippen LogP contribution in [0.5, 0.6) is 0 Å². The largest absolute Gasteiger partial charge is 0.397 e. The molecule has 20 heavy (non-hydrogen) atoms. The maximum Gasteiger partial charge on any atom is 0.240 e. The SMILES string of the molecule is CCNS(=O)(=O)c1ccc(N)c(N[C@H](CO)C(C)C)c1. The van der Waals surface area contributed by atoms with Gasteiger partial charge in [-0.05, 0) is 24.1 Å². The van der Waals surface area contributed by atoms with E-state index in [1.54, 1.807) is 13.0 Å². The van der Waals surface area contributed by atoms with Gasteiger partial charge in [-0.1, -0.05) is 20.8 Å². The minimum atomic E-state index is -3.52. The highest BCUT2D eigenvalue weighted by Gasteiger charge is 2.17. The van der Waals surface area contributed by atoms with Gasteiger partial charge in [0.2, 0.25) is 10.0 Å². The Kier molecular flexibility index (Phi) is 5.79. The van der Waals surface area contributed by atoms with Crippen molar-refractivity contribution in [1.29, 1.82) is 0 Å². The molecule has 0 aliphatic carbocycles. The quantitative estimate of drug-likeness (QED) is 0.562. The zero-order valence-corrected chi connectivity index (χ0v) is 12.9. The lowest BCUT2D eigenvalue weighted by Gasteiger charge is -2.22. The highest BCUT2D eigenvalue weighted by molar-refractivity contribution is 7.89. The summed E-state index contributed by atoms with van der Waals surface area (Å²) >= 11 is 0. The third-order valence-corrected chi connectivity index (χ3v) is 4.56. The summed E-state index contributed by atoms with van der Waals surface area (Å²) in [5.41, 5.74) is 6.81. The lowest BCUT2D eigenvalue weighted by atomic mass is 10.0. The number of aliphatic hydroxyl groups is 1. The number of aliphatic hydroxyl groups excluding tert-OH is 1. The van der Waals surface area contributed by atoms with E-state index in [2.05, 4.69) is 10.0 Å². The molecule has 0 heterocycles. The van der Waals surface area contributed by atoms with Crippen LogP contribution in [0.25, 0.3) is 0 Å². The van der Waals surface area contributed by atoms with Gasteiger partial charge in [0.15, 0.2) is 0 Å². The molecule has 0 bridgehead atoms. The van der Waals surface area contributed by atoms with Gasteiger partial charge in [-0.25, -0.2) is 13.1 Å². The molecular weight excluding hydrogens is 278 g/mol. The van der Waals surface area contributed by atoms with Crippen LogP contribution in [-0.2, 0) is 10.0 Å².